The van der Waals surface area contributed by atoms with Crippen LogP contribution in [-0.2, 0) is 0 Å². The summed E-state index contributed by atoms with van der Waals surface area (Å²) in [6.45, 7) is 5.77. The van der Waals surface area contributed by atoms with Gasteiger partial charge in [0.1, 0.15) is 18.2 Å². The first-order chi connectivity index (χ1) is 16.5. The maximum absolute atomic E-state index is 15.1. The maximum Gasteiger partial charge on any atom is 0.343 e. The van der Waals surface area contributed by atoms with Crippen LogP contribution in [-0.4, -0.2) is 12.6 Å². The minimum absolute atomic E-state index is 0.0322. The van der Waals surface area contributed by atoms with Gasteiger partial charge in [0.05, 0.1) is 5.56 Å². The van der Waals surface area contributed by atoms with Crippen LogP contribution in [0.5, 0.6) is 11.5 Å². The summed E-state index contributed by atoms with van der Waals surface area (Å²) >= 11 is 0. The van der Waals surface area contributed by atoms with Crippen LogP contribution >= 0.6 is 0 Å². The fourth-order valence-electron chi connectivity index (χ4n) is 5.62. The summed E-state index contributed by atoms with van der Waals surface area (Å²) in [5.74, 6) is 0.579. The Labute approximate surface area is 200 Å². The first kappa shape index (κ1) is 24.2. The zero-order chi connectivity index (χ0) is 24.1. The van der Waals surface area contributed by atoms with Crippen LogP contribution in [0.15, 0.2) is 61.2 Å². The second kappa shape index (κ2) is 11.0. The highest BCUT2D eigenvalue weighted by molar-refractivity contribution is 5.91. The van der Waals surface area contributed by atoms with Crippen molar-refractivity contribution in [3.63, 3.8) is 0 Å². The van der Waals surface area contributed by atoms with Crippen LogP contribution in [0.2, 0.25) is 0 Å². The van der Waals surface area contributed by atoms with Crippen molar-refractivity contribution in [1.82, 2.24) is 0 Å². The number of hydrogen-bond acceptors (Lipinski definition) is 3. The topological polar surface area (TPSA) is 35.5 Å². The molecule has 2 aliphatic rings. The number of halogens is 2. The molecule has 0 saturated heterocycles. The van der Waals surface area contributed by atoms with E-state index in [2.05, 4.69) is 25.7 Å². The van der Waals surface area contributed by atoms with Gasteiger partial charge in [-0.25, -0.2) is 13.6 Å². The zero-order valence-corrected chi connectivity index (χ0v) is 19.6. The number of carbonyl (C=O) groups is 1. The van der Waals surface area contributed by atoms with Gasteiger partial charge in [-0.15, -0.1) is 0 Å². The van der Waals surface area contributed by atoms with E-state index in [0.29, 0.717) is 17.4 Å². The molecule has 4 rings (SSSR count). The molecule has 2 saturated carbocycles. The third-order valence-electron chi connectivity index (χ3n) is 7.26. The molecule has 180 valence electrons. The number of hydrogen-bond donors (Lipinski definition) is 0. The summed E-state index contributed by atoms with van der Waals surface area (Å²) in [4.78, 5) is 12.5. The van der Waals surface area contributed by atoms with Gasteiger partial charge >= 0.3 is 5.97 Å². The zero-order valence-electron chi connectivity index (χ0n) is 19.6. The van der Waals surface area contributed by atoms with Crippen LogP contribution < -0.4 is 9.47 Å². The van der Waals surface area contributed by atoms with Crippen LogP contribution in [0.1, 0.15) is 67.3 Å². The average molecular weight is 467 g/mol. The van der Waals surface area contributed by atoms with Crippen LogP contribution in [0.3, 0.4) is 0 Å². The largest absolute Gasteiger partial charge is 0.486 e. The molecule has 4 unspecified atom stereocenters. The first-order valence-electron chi connectivity index (χ1n) is 12.2. The molecule has 5 heteroatoms. The van der Waals surface area contributed by atoms with E-state index < -0.39 is 11.8 Å². The minimum atomic E-state index is -0.726. The Hall–Kier alpha value is -2.95. The highest BCUT2D eigenvalue weighted by atomic mass is 19.1. The van der Waals surface area contributed by atoms with Gasteiger partial charge in [0, 0.05) is 6.07 Å². The number of fused-ring (bicyclic) bond motifs is 1. The molecule has 0 amide bonds. The highest BCUT2D eigenvalue weighted by Crippen LogP contribution is 2.48. The molecule has 34 heavy (non-hydrogen) atoms. The fourth-order valence-corrected chi connectivity index (χ4v) is 5.62. The number of benzene rings is 2. The van der Waals surface area contributed by atoms with E-state index in [1.165, 1.54) is 43.5 Å². The molecular formula is C29H32F2O3. The Balaban J connectivity index is 1.39. The summed E-state index contributed by atoms with van der Waals surface area (Å²) in [5, 5.41) is 0. The Morgan fingerprint density at radius 2 is 1.82 bits per heavy atom. The van der Waals surface area contributed by atoms with E-state index in [9.17, 15) is 9.18 Å². The smallest absolute Gasteiger partial charge is 0.343 e. The number of allylic oxidation sites excluding steroid dienone is 2. The molecular weight excluding hydrogens is 434 g/mol. The lowest BCUT2D eigenvalue weighted by molar-refractivity contribution is 0.0733. The van der Waals surface area contributed by atoms with Crippen molar-refractivity contribution in [3.8, 4) is 11.5 Å². The molecule has 0 N–H and O–H groups in total. The first-order valence-corrected chi connectivity index (χ1v) is 12.2. The maximum atomic E-state index is 15.1. The van der Waals surface area contributed by atoms with Gasteiger partial charge in [-0.3, -0.25) is 0 Å². The van der Waals surface area contributed by atoms with Crippen molar-refractivity contribution in [2.75, 3.05) is 6.61 Å². The Bertz CT molecular complexity index is 1060. The molecule has 2 aromatic carbocycles. The lowest BCUT2D eigenvalue weighted by atomic mass is 9.64. The van der Waals surface area contributed by atoms with Crippen molar-refractivity contribution in [2.45, 2.75) is 51.4 Å². The second-order valence-electron chi connectivity index (χ2n) is 9.45. The van der Waals surface area contributed by atoms with E-state index in [-0.39, 0.29) is 35.4 Å². The lowest BCUT2D eigenvalue weighted by Crippen LogP contribution is -2.30. The predicted molar refractivity (Wildman–Crippen MR) is 129 cm³/mol. The molecule has 0 bridgehead atoms. The lowest BCUT2D eigenvalue weighted by Gasteiger charge is -2.41. The molecule has 0 aliphatic heterocycles. The van der Waals surface area contributed by atoms with Crippen LogP contribution in [0.25, 0.3) is 0 Å². The molecule has 0 radical (unpaired) electrons. The summed E-state index contributed by atoms with van der Waals surface area (Å²) in [6, 6.07) is 8.46. The van der Waals surface area contributed by atoms with Gasteiger partial charge < -0.3 is 9.47 Å². The Morgan fingerprint density at radius 1 is 1.03 bits per heavy atom. The number of ether oxygens (including phenoxy) is 2. The van der Waals surface area contributed by atoms with Gasteiger partial charge in [-0.05, 0) is 98.9 Å². The Morgan fingerprint density at radius 3 is 2.56 bits per heavy atom. The van der Waals surface area contributed by atoms with Crippen LogP contribution in [0, 0.1) is 29.4 Å². The molecule has 0 aromatic heterocycles. The molecule has 2 aliphatic carbocycles. The van der Waals surface area contributed by atoms with Crippen molar-refractivity contribution in [3.05, 3.63) is 84.0 Å². The van der Waals surface area contributed by atoms with Gasteiger partial charge in [0.15, 0.2) is 11.6 Å². The quantitative estimate of drug-likeness (QED) is 0.239. The third kappa shape index (κ3) is 5.57. The van der Waals surface area contributed by atoms with Gasteiger partial charge in [0.2, 0.25) is 0 Å². The van der Waals surface area contributed by atoms with E-state index >= 15 is 4.39 Å². The summed E-state index contributed by atoms with van der Waals surface area (Å²) < 4.78 is 39.6. The monoisotopic (exact) mass is 466 g/mol. The van der Waals surface area contributed by atoms with Gasteiger partial charge in [0.25, 0.3) is 0 Å². The summed E-state index contributed by atoms with van der Waals surface area (Å²) in [5.41, 5.74) is 0.787. The molecule has 0 spiro atoms. The van der Waals surface area contributed by atoms with Crippen molar-refractivity contribution in [2.24, 2.45) is 17.8 Å². The third-order valence-corrected chi connectivity index (χ3v) is 7.26. The van der Waals surface area contributed by atoms with Crippen molar-refractivity contribution >= 4 is 5.97 Å². The standard InChI is InChI=1S/C29H32F2O3/c1-3-5-19-6-7-21-16-22(9-8-20(21)15-19)25-12-10-23(17-26(25)30)29(32)34-24-11-13-28(27(31)18-24)33-14-4-2/h3-5,10-13,17-22H,2,6-9,14-16H2,1H3/b5-3+. The van der Waals surface area contributed by atoms with E-state index in [0.717, 1.165) is 31.2 Å². The van der Waals surface area contributed by atoms with Crippen molar-refractivity contribution < 1.29 is 23.0 Å². The van der Waals surface area contributed by atoms with Crippen LogP contribution in [0.4, 0.5) is 8.78 Å². The average Bonchev–Trinajstić information content (AvgIpc) is 2.83. The van der Waals surface area contributed by atoms with Gasteiger partial charge in [-0.1, -0.05) is 30.9 Å². The van der Waals surface area contributed by atoms with Crippen molar-refractivity contribution in [1.29, 1.82) is 0 Å². The fraction of sp³-hybridized carbons (Fsp3) is 0.414. The Kier molecular flexibility index (Phi) is 7.81. The number of esters is 1. The molecule has 4 atom stereocenters. The molecule has 2 fully saturated rings. The highest BCUT2D eigenvalue weighted by Gasteiger charge is 2.36. The minimum Gasteiger partial charge on any atom is -0.486 e. The van der Waals surface area contributed by atoms with E-state index in [1.54, 1.807) is 12.1 Å². The van der Waals surface area contributed by atoms with E-state index in [4.69, 9.17) is 9.47 Å². The normalized spacial score (nSPS) is 24.4. The predicted octanol–water partition coefficient (Wildman–Crippen LogP) is 7.62. The summed E-state index contributed by atoms with van der Waals surface area (Å²) in [6.07, 6.45) is 12.8. The molecule has 3 nitrogen and oxygen atoms in total. The second-order valence-corrected chi connectivity index (χ2v) is 9.45. The SMILES string of the molecule is C=CCOc1ccc(OC(=O)c2ccc(C3CCC4CC(/C=C/C)CCC4C3)c(F)c2)cc1F. The molecule has 2 aromatic rings. The number of carbonyl (C=O) groups excluding carboxylic acids is 1. The molecule has 0 heterocycles. The summed E-state index contributed by atoms with van der Waals surface area (Å²) in [7, 11) is 0. The number of rotatable bonds is 7. The van der Waals surface area contributed by atoms with E-state index in [1.807, 2.05) is 0 Å². The van der Waals surface area contributed by atoms with Gasteiger partial charge in [-0.2, -0.15) is 0 Å².